The van der Waals surface area contributed by atoms with Crippen molar-refractivity contribution in [1.29, 1.82) is 0 Å². The molecule has 6 nitrogen and oxygen atoms in total. The molecule has 0 aliphatic heterocycles. The molecule has 3 rings (SSSR count). The van der Waals surface area contributed by atoms with Crippen LogP contribution in [0.5, 0.6) is 0 Å². The number of nitrogens with one attached hydrogen (secondary N) is 1. The smallest absolute Gasteiger partial charge is 0.254 e. The normalized spacial score (nSPS) is 11.3. The third-order valence-electron chi connectivity index (χ3n) is 5.20. The molecule has 0 bridgehead atoms. The summed E-state index contributed by atoms with van der Waals surface area (Å²) in [6.07, 6.45) is 0. The highest BCUT2D eigenvalue weighted by molar-refractivity contribution is 7.89. The lowest BCUT2D eigenvalue weighted by Crippen LogP contribution is -2.29. The number of carbonyl (C=O) groups excluding carboxylic acids is 1. The fourth-order valence-corrected chi connectivity index (χ4v) is 4.49. The van der Waals surface area contributed by atoms with Crippen molar-refractivity contribution >= 4 is 15.9 Å². The summed E-state index contributed by atoms with van der Waals surface area (Å²) >= 11 is 0. The van der Waals surface area contributed by atoms with Gasteiger partial charge in [0.25, 0.3) is 5.91 Å². The first-order chi connectivity index (χ1) is 15.3. The van der Waals surface area contributed by atoms with Crippen LogP contribution in [0.15, 0.2) is 77.7 Å². The van der Waals surface area contributed by atoms with Crippen LogP contribution in [-0.4, -0.2) is 46.5 Å². The first kappa shape index (κ1) is 23.7. The van der Waals surface area contributed by atoms with Crippen LogP contribution in [0.3, 0.4) is 0 Å². The van der Waals surface area contributed by atoms with Gasteiger partial charge in [0.1, 0.15) is 0 Å². The van der Waals surface area contributed by atoms with E-state index >= 15 is 0 Å². The van der Waals surface area contributed by atoms with E-state index < -0.39 is 10.0 Å². The number of carbonyl (C=O) groups is 1. The summed E-state index contributed by atoms with van der Waals surface area (Å²) in [5, 5.41) is 0. The Morgan fingerprint density at radius 2 is 1.69 bits per heavy atom. The lowest BCUT2D eigenvalue weighted by molar-refractivity contribution is 0.0784. The summed E-state index contributed by atoms with van der Waals surface area (Å²) in [5.41, 5.74) is 4.23. The zero-order valence-electron chi connectivity index (χ0n) is 18.5. The van der Waals surface area contributed by atoms with Crippen molar-refractivity contribution in [3.8, 4) is 11.1 Å². The minimum atomic E-state index is -3.73. The largest absolute Gasteiger partial charge is 0.383 e. The van der Waals surface area contributed by atoms with Crippen molar-refractivity contribution in [3.05, 3.63) is 89.5 Å². The van der Waals surface area contributed by atoms with Crippen LogP contribution in [0.4, 0.5) is 0 Å². The van der Waals surface area contributed by atoms with E-state index in [2.05, 4.69) is 4.72 Å². The van der Waals surface area contributed by atoms with Crippen molar-refractivity contribution in [2.24, 2.45) is 0 Å². The molecule has 7 heteroatoms. The van der Waals surface area contributed by atoms with Gasteiger partial charge in [0, 0.05) is 32.8 Å². The van der Waals surface area contributed by atoms with Gasteiger partial charge in [-0.1, -0.05) is 60.7 Å². The molecular weight excluding hydrogens is 424 g/mol. The fourth-order valence-electron chi connectivity index (χ4n) is 3.45. The second-order valence-electron chi connectivity index (χ2n) is 7.55. The van der Waals surface area contributed by atoms with E-state index in [-0.39, 0.29) is 24.0 Å². The van der Waals surface area contributed by atoms with Crippen molar-refractivity contribution in [3.63, 3.8) is 0 Å². The Balaban J connectivity index is 1.84. The van der Waals surface area contributed by atoms with Gasteiger partial charge in [-0.05, 0) is 41.3 Å². The van der Waals surface area contributed by atoms with Gasteiger partial charge in [-0.15, -0.1) is 0 Å². The number of nitrogens with zero attached hydrogens (tertiary/aromatic N) is 1. The number of ether oxygens (including phenoxy) is 1. The Hall–Kier alpha value is -3.00. The Morgan fingerprint density at radius 3 is 2.41 bits per heavy atom. The lowest BCUT2D eigenvalue weighted by atomic mass is 9.99. The molecular formula is C25H28N2O4S. The SMILES string of the molecule is COCCNS(=O)(=O)c1ccc(C)c(C(=O)N(C)Cc2ccccc2-c2ccccc2)c1. The summed E-state index contributed by atoms with van der Waals surface area (Å²) in [6.45, 7) is 2.62. The molecule has 0 spiro atoms. The van der Waals surface area contributed by atoms with Gasteiger partial charge < -0.3 is 9.64 Å². The zero-order chi connectivity index (χ0) is 23.1. The molecule has 32 heavy (non-hydrogen) atoms. The van der Waals surface area contributed by atoms with Crippen molar-refractivity contribution in [2.75, 3.05) is 27.3 Å². The number of amides is 1. The second kappa shape index (κ2) is 10.5. The first-order valence-corrected chi connectivity index (χ1v) is 11.8. The number of hydrogen-bond acceptors (Lipinski definition) is 4. The number of rotatable bonds is 9. The zero-order valence-corrected chi connectivity index (χ0v) is 19.4. The Bertz CT molecular complexity index is 1180. The van der Waals surface area contributed by atoms with Crippen LogP contribution < -0.4 is 4.72 Å². The highest BCUT2D eigenvalue weighted by atomic mass is 32.2. The first-order valence-electron chi connectivity index (χ1n) is 10.3. The van der Waals surface area contributed by atoms with Gasteiger partial charge >= 0.3 is 0 Å². The molecule has 0 heterocycles. The second-order valence-corrected chi connectivity index (χ2v) is 9.32. The maximum atomic E-state index is 13.2. The van der Waals surface area contributed by atoms with E-state index in [1.165, 1.54) is 19.2 Å². The molecule has 3 aromatic rings. The molecule has 0 aromatic heterocycles. The highest BCUT2D eigenvalue weighted by Crippen LogP contribution is 2.25. The van der Waals surface area contributed by atoms with E-state index in [9.17, 15) is 13.2 Å². The van der Waals surface area contributed by atoms with Crippen molar-refractivity contribution < 1.29 is 17.9 Å². The molecule has 1 amide bonds. The summed E-state index contributed by atoms with van der Waals surface area (Å²) in [7, 11) is -0.507. The number of methoxy groups -OCH3 is 1. The number of hydrogen-bond donors (Lipinski definition) is 1. The minimum absolute atomic E-state index is 0.0561. The Morgan fingerprint density at radius 1 is 1.00 bits per heavy atom. The molecule has 3 aromatic carbocycles. The lowest BCUT2D eigenvalue weighted by Gasteiger charge is -2.21. The quantitative estimate of drug-likeness (QED) is 0.500. The predicted octanol–water partition coefficient (Wildman–Crippen LogP) is 3.86. The summed E-state index contributed by atoms with van der Waals surface area (Å²) < 4.78 is 32.5. The van der Waals surface area contributed by atoms with E-state index in [0.717, 1.165) is 16.7 Å². The molecule has 0 aliphatic carbocycles. The van der Waals surface area contributed by atoms with Crippen LogP contribution in [0.2, 0.25) is 0 Å². The number of sulfonamides is 1. The predicted molar refractivity (Wildman–Crippen MR) is 126 cm³/mol. The fraction of sp³-hybridized carbons (Fsp3) is 0.240. The topological polar surface area (TPSA) is 75.7 Å². The van der Waals surface area contributed by atoms with Gasteiger partial charge in [-0.25, -0.2) is 13.1 Å². The Kier molecular flexibility index (Phi) is 7.80. The van der Waals surface area contributed by atoms with Gasteiger partial charge in [-0.2, -0.15) is 0 Å². The molecule has 1 N–H and O–H groups in total. The Labute approximate surface area is 189 Å². The van der Waals surface area contributed by atoms with E-state index in [1.54, 1.807) is 24.9 Å². The van der Waals surface area contributed by atoms with E-state index in [0.29, 0.717) is 17.7 Å². The van der Waals surface area contributed by atoms with Gasteiger partial charge in [-0.3, -0.25) is 4.79 Å². The molecule has 0 saturated carbocycles. The maximum Gasteiger partial charge on any atom is 0.254 e. The van der Waals surface area contributed by atoms with Crippen LogP contribution in [0.1, 0.15) is 21.5 Å². The van der Waals surface area contributed by atoms with Crippen molar-refractivity contribution in [1.82, 2.24) is 9.62 Å². The standard InChI is InChI=1S/C25H28N2O4S/c1-19-13-14-22(32(29,30)26-15-16-31-3)17-24(19)25(28)27(2)18-21-11-7-8-12-23(21)20-9-5-4-6-10-20/h4-14,17,26H,15-16,18H2,1-3H3. The van der Waals surface area contributed by atoms with Crippen molar-refractivity contribution in [2.45, 2.75) is 18.4 Å². The summed E-state index contributed by atoms with van der Waals surface area (Å²) in [5.74, 6) is -0.237. The number of aryl methyl sites for hydroxylation is 1. The van der Waals surface area contributed by atoms with Crippen LogP contribution in [-0.2, 0) is 21.3 Å². The average Bonchev–Trinajstić information content (AvgIpc) is 2.80. The van der Waals surface area contributed by atoms with Gasteiger partial charge in [0.15, 0.2) is 0 Å². The molecule has 0 aliphatic rings. The van der Waals surface area contributed by atoms with Gasteiger partial charge in [0.2, 0.25) is 10.0 Å². The minimum Gasteiger partial charge on any atom is -0.383 e. The maximum absolute atomic E-state index is 13.2. The summed E-state index contributed by atoms with van der Waals surface area (Å²) in [4.78, 5) is 14.9. The molecule has 0 unspecified atom stereocenters. The van der Waals surface area contributed by atoms with Crippen LogP contribution >= 0.6 is 0 Å². The van der Waals surface area contributed by atoms with E-state index in [1.807, 2.05) is 54.6 Å². The molecule has 0 fully saturated rings. The third kappa shape index (κ3) is 5.62. The molecule has 0 radical (unpaired) electrons. The van der Waals surface area contributed by atoms with E-state index in [4.69, 9.17) is 4.74 Å². The highest BCUT2D eigenvalue weighted by Gasteiger charge is 2.20. The number of benzene rings is 3. The molecule has 168 valence electrons. The van der Waals surface area contributed by atoms with Gasteiger partial charge in [0.05, 0.1) is 11.5 Å². The average molecular weight is 453 g/mol. The van der Waals surface area contributed by atoms with Crippen LogP contribution in [0, 0.1) is 6.92 Å². The third-order valence-corrected chi connectivity index (χ3v) is 6.66. The molecule has 0 saturated heterocycles. The monoisotopic (exact) mass is 452 g/mol. The van der Waals surface area contributed by atoms with Crippen LogP contribution in [0.25, 0.3) is 11.1 Å². The summed E-state index contributed by atoms with van der Waals surface area (Å²) in [6, 6.07) is 22.6. The molecule has 0 atom stereocenters.